The van der Waals surface area contributed by atoms with E-state index in [0.29, 0.717) is 23.7 Å². The highest BCUT2D eigenvalue weighted by atomic mass is 16.2. The number of carbonyl (C=O) groups excluding carboxylic acids is 2. The maximum Gasteiger partial charge on any atom is 0.253 e. The van der Waals surface area contributed by atoms with Gasteiger partial charge in [0.05, 0.1) is 6.20 Å². The molecule has 6 nitrogen and oxygen atoms in total. The predicted octanol–water partition coefficient (Wildman–Crippen LogP) is 5.26. The Morgan fingerprint density at radius 1 is 1.00 bits per heavy atom. The lowest BCUT2D eigenvalue weighted by molar-refractivity contribution is -0.127. The van der Waals surface area contributed by atoms with E-state index in [1.54, 1.807) is 0 Å². The van der Waals surface area contributed by atoms with Crippen LogP contribution in [0, 0.1) is 12.8 Å². The lowest BCUT2D eigenvalue weighted by Gasteiger charge is -2.38. The van der Waals surface area contributed by atoms with Gasteiger partial charge in [-0.1, -0.05) is 43.7 Å². The summed E-state index contributed by atoms with van der Waals surface area (Å²) in [4.78, 5) is 30.6. The molecular formula is C32H40N4O2. The topological polar surface area (TPSA) is 58.4 Å². The molecule has 0 aliphatic carbocycles. The van der Waals surface area contributed by atoms with E-state index < -0.39 is 0 Å². The zero-order chi connectivity index (χ0) is 26.6. The van der Waals surface area contributed by atoms with Gasteiger partial charge in [-0.2, -0.15) is 5.10 Å². The maximum absolute atomic E-state index is 13.4. The predicted molar refractivity (Wildman–Crippen MR) is 151 cm³/mol. The van der Waals surface area contributed by atoms with Gasteiger partial charge in [0.15, 0.2) is 0 Å². The van der Waals surface area contributed by atoms with E-state index in [2.05, 4.69) is 41.2 Å². The number of nitrogens with zero attached hydrogens (tertiary/aromatic N) is 4. The summed E-state index contributed by atoms with van der Waals surface area (Å²) < 4.78 is 1.82. The number of hydrogen-bond acceptors (Lipinski definition) is 4. The van der Waals surface area contributed by atoms with Crippen LogP contribution in [0.3, 0.4) is 0 Å². The van der Waals surface area contributed by atoms with Gasteiger partial charge >= 0.3 is 0 Å². The number of Topliss-reactive ketones (excluding diaryl/α,β-unsaturated/α-hetero) is 1. The number of unbranched alkanes of at least 4 members (excludes halogenated alkanes) is 1. The van der Waals surface area contributed by atoms with Gasteiger partial charge in [0.2, 0.25) is 0 Å². The van der Waals surface area contributed by atoms with E-state index in [0.717, 1.165) is 62.3 Å². The van der Waals surface area contributed by atoms with E-state index >= 15 is 0 Å². The highest BCUT2D eigenvalue weighted by Gasteiger charge is 2.32. The summed E-state index contributed by atoms with van der Waals surface area (Å²) in [6, 6.07) is 14.7. The summed E-state index contributed by atoms with van der Waals surface area (Å²) in [5.74, 6) is 0.995. The van der Waals surface area contributed by atoms with Gasteiger partial charge in [-0.15, -0.1) is 0 Å². The van der Waals surface area contributed by atoms with Crippen molar-refractivity contribution < 1.29 is 9.59 Å². The van der Waals surface area contributed by atoms with Crippen LogP contribution in [0.2, 0.25) is 0 Å². The highest BCUT2D eigenvalue weighted by molar-refractivity contribution is 5.95. The molecule has 2 saturated heterocycles. The molecule has 0 atom stereocenters. The molecule has 3 heterocycles. The molecule has 0 spiro atoms. The first-order valence-electron chi connectivity index (χ1n) is 14.1. The quantitative estimate of drug-likeness (QED) is 0.393. The minimum Gasteiger partial charge on any atom is -0.339 e. The Balaban J connectivity index is 1.15. The van der Waals surface area contributed by atoms with Crippen molar-refractivity contribution in [3.05, 3.63) is 77.1 Å². The second kappa shape index (κ2) is 11.6. The van der Waals surface area contributed by atoms with Crippen LogP contribution < -0.4 is 0 Å². The van der Waals surface area contributed by atoms with Crippen LogP contribution in [0.15, 0.2) is 54.9 Å². The molecule has 6 heteroatoms. The van der Waals surface area contributed by atoms with Gasteiger partial charge < -0.3 is 9.80 Å². The number of aromatic nitrogens is 2. The maximum atomic E-state index is 13.4. The first kappa shape index (κ1) is 26.4. The third kappa shape index (κ3) is 5.91. The summed E-state index contributed by atoms with van der Waals surface area (Å²) in [6.07, 6.45) is 8.65. The normalized spacial score (nSPS) is 17.0. The van der Waals surface area contributed by atoms with Gasteiger partial charge in [-0.25, -0.2) is 0 Å². The second-order valence-corrected chi connectivity index (χ2v) is 11.2. The van der Waals surface area contributed by atoms with Crippen molar-refractivity contribution in [3.63, 3.8) is 0 Å². The fraction of sp³-hybridized carbons (Fsp3) is 0.469. The van der Waals surface area contributed by atoms with Crippen molar-refractivity contribution in [1.29, 1.82) is 0 Å². The van der Waals surface area contributed by atoms with E-state index in [-0.39, 0.29) is 11.8 Å². The van der Waals surface area contributed by atoms with Gasteiger partial charge in [-0.05, 0) is 73.0 Å². The fourth-order valence-electron chi connectivity index (χ4n) is 5.78. The third-order valence-corrected chi connectivity index (χ3v) is 8.40. The Morgan fingerprint density at radius 2 is 1.74 bits per heavy atom. The SMILES string of the molecule is CCCCN1CC(C(=O)Cc2cc(C(=O)N3CCC(c4ccc(-c5cnn(C)c5)cc4)CC3)ccc2C)C1. The Hall–Kier alpha value is -3.25. The van der Waals surface area contributed by atoms with Crippen LogP contribution in [-0.4, -0.2) is 64.0 Å². The van der Waals surface area contributed by atoms with Crippen molar-refractivity contribution in [3.8, 4) is 11.1 Å². The molecular weight excluding hydrogens is 472 g/mol. The first-order valence-corrected chi connectivity index (χ1v) is 14.1. The average Bonchev–Trinajstić information content (AvgIpc) is 3.35. The number of aryl methyl sites for hydroxylation is 2. The third-order valence-electron chi connectivity index (χ3n) is 8.40. The monoisotopic (exact) mass is 512 g/mol. The molecule has 0 N–H and O–H groups in total. The van der Waals surface area contributed by atoms with E-state index in [9.17, 15) is 9.59 Å². The number of amides is 1. The molecule has 0 radical (unpaired) electrons. The number of benzene rings is 2. The highest BCUT2D eigenvalue weighted by Crippen LogP contribution is 2.31. The van der Waals surface area contributed by atoms with Crippen molar-refractivity contribution in [2.45, 2.75) is 51.9 Å². The van der Waals surface area contributed by atoms with E-state index in [1.807, 2.05) is 54.1 Å². The van der Waals surface area contributed by atoms with Crippen molar-refractivity contribution >= 4 is 11.7 Å². The summed E-state index contributed by atoms with van der Waals surface area (Å²) in [7, 11) is 1.93. The van der Waals surface area contributed by atoms with Crippen molar-refractivity contribution in [1.82, 2.24) is 19.6 Å². The lowest BCUT2D eigenvalue weighted by atomic mass is 9.88. The fourth-order valence-corrected chi connectivity index (χ4v) is 5.78. The first-order chi connectivity index (χ1) is 18.4. The Kier molecular flexibility index (Phi) is 8.08. The molecule has 1 aromatic heterocycles. The molecule has 2 aliphatic rings. The van der Waals surface area contributed by atoms with Crippen LogP contribution in [0.4, 0.5) is 0 Å². The van der Waals surface area contributed by atoms with Gasteiger partial charge in [0.1, 0.15) is 5.78 Å². The lowest BCUT2D eigenvalue weighted by Crippen LogP contribution is -2.50. The summed E-state index contributed by atoms with van der Waals surface area (Å²) in [6.45, 7) is 8.62. The largest absolute Gasteiger partial charge is 0.339 e. The van der Waals surface area contributed by atoms with Crippen LogP contribution >= 0.6 is 0 Å². The summed E-state index contributed by atoms with van der Waals surface area (Å²) in [5.41, 5.74) is 6.43. The molecule has 0 bridgehead atoms. The van der Waals surface area contributed by atoms with Crippen molar-refractivity contribution in [2.75, 3.05) is 32.7 Å². The Labute approximate surface area is 226 Å². The Bertz CT molecular complexity index is 1260. The number of rotatable bonds is 9. The van der Waals surface area contributed by atoms with E-state index in [4.69, 9.17) is 0 Å². The molecule has 38 heavy (non-hydrogen) atoms. The van der Waals surface area contributed by atoms with Gasteiger partial charge in [0.25, 0.3) is 5.91 Å². The number of ketones is 1. The van der Waals surface area contributed by atoms with E-state index in [1.165, 1.54) is 24.0 Å². The zero-order valence-corrected chi connectivity index (χ0v) is 23.0. The summed E-state index contributed by atoms with van der Waals surface area (Å²) >= 11 is 0. The van der Waals surface area contributed by atoms with Gasteiger partial charge in [0, 0.05) is 62.9 Å². The number of likely N-dealkylation sites (tertiary alicyclic amines) is 2. The molecule has 2 fully saturated rings. The summed E-state index contributed by atoms with van der Waals surface area (Å²) in [5, 5.41) is 4.27. The minimum atomic E-state index is 0.0819. The number of carbonyl (C=O) groups is 2. The van der Waals surface area contributed by atoms with Crippen LogP contribution in [0.5, 0.6) is 0 Å². The molecule has 200 valence electrons. The number of piperidine rings is 1. The van der Waals surface area contributed by atoms with Gasteiger partial charge in [-0.3, -0.25) is 14.3 Å². The minimum absolute atomic E-state index is 0.0819. The number of hydrogen-bond donors (Lipinski definition) is 0. The average molecular weight is 513 g/mol. The molecule has 0 saturated carbocycles. The smallest absolute Gasteiger partial charge is 0.253 e. The Morgan fingerprint density at radius 3 is 2.39 bits per heavy atom. The standard InChI is InChI=1S/C32H40N4O2/c1-4-5-14-35-21-30(22-35)31(37)18-28-17-27(7-6-23(28)2)32(38)36-15-12-26(13-16-36)24-8-10-25(11-9-24)29-19-33-34(3)20-29/h6-11,17,19-20,26,30H,4-5,12-16,18,21-22H2,1-3H3. The molecule has 3 aromatic rings. The zero-order valence-electron chi connectivity index (χ0n) is 23.0. The second-order valence-electron chi connectivity index (χ2n) is 11.2. The molecule has 1 amide bonds. The molecule has 2 aromatic carbocycles. The van der Waals surface area contributed by atoms with Crippen molar-refractivity contribution in [2.24, 2.45) is 13.0 Å². The van der Waals surface area contributed by atoms with Crippen LogP contribution in [0.1, 0.15) is 65.6 Å². The molecule has 0 unspecified atom stereocenters. The molecule has 5 rings (SSSR count). The van der Waals surface area contributed by atoms with Crippen LogP contribution in [0.25, 0.3) is 11.1 Å². The molecule has 2 aliphatic heterocycles. The van der Waals surface area contributed by atoms with Crippen LogP contribution in [-0.2, 0) is 18.3 Å².